The molecule has 23 heavy (non-hydrogen) atoms. The molecule has 1 aliphatic rings. The minimum Gasteiger partial charge on any atom is -0.452 e. The second kappa shape index (κ2) is 8.73. The van der Waals surface area contributed by atoms with Crippen LogP contribution in [0.3, 0.4) is 0 Å². The van der Waals surface area contributed by atoms with Crippen LogP contribution in [0.25, 0.3) is 6.08 Å². The number of amides is 1. The molecule has 1 aromatic rings. The molecule has 0 aliphatic heterocycles. The molecule has 1 fully saturated rings. The van der Waals surface area contributed by atoms with Crippen LogP contribution >= 0.6 is 11.6 Å². The molecular weight excluding hydrogens is 314 g/mol. The smallest absolute Gasteiger partial charge is 0.331 e. The SMILES string of the molecule is C[C@@H]1CCCC[C@H]1NC(=O)COC(=O)/C=C/c1ccccc1Cl. The number of esters is 1. The molecule has 0 radical (unpaired) electrons. The summed E-state index contributed by atoms with van der Waals surface area (Å²) in [6, 6.07) is 7.37. The normalized spacial score (nSPS) is 21.1. The topological polar surface area (TPSA) is 55.4 Å². The van der Waals surface area contributed by atoms with Gasteiger partial charge >= 0.3 is 5.97 Å². The second-order valence-electron chi connectivity index (χ2n) is 5.90. The molecule has 2 rings (SSSR count). The monoisotopic (exact) mass is 335 g/mol. The lowest BCUT2D eigenvalue weighted by atomic mass is 9.86. The molecule has 1 aromatic carbocycles. The summed E-state index contributed by atoms with van der Waals surface area (Å²) in [5.74, 6) is -0.330. The summed E-state index contributed by atoms with van der Waals surface area (Å²) in [5, 5.41) is 3.50. The summed E-state index contributed by atoms with van der Waals surface area (Å²) in [4.78, 5) is 23.5. The Labute approximate surface area is 141 Å². The van der Waals surface area contributed by atoms with E-state index in [1.54, 1.807) is 18.2 Å². The summed E-state index contributed by atoms with van der Waals surface area (Å²) in [7, 11) is 0. The van der Waals surface area contributed by atoms with Crippen LogP contribution in [0.1, 0.15) is 38.2 Å². The van der Waals surface area contributed by atoms with E-state index in [1.807, 2.05) is 12.1 Å². The molecule has 1 N–H and O–H groups in total. The van der Waals surface area contributed by atoms with E-state index in [4.69, 9.17) is 16.3 Å². The number of carbonyl (C=O) groups is 2. The lowest BCUT2D eigenvalue weighted by Crippen LogP contribution is -2.42. The molecule has 1 aliphatic carbocycles. The number of ether oxygens (including phenoxy) is 1. The standard InChI is InChI=1S/C18H22ClNO3/c1-13-6-2-5-9-16(13)20-17(21)12-23-18(22)11-10-14-7-3-4-8-15(14)19/h3-4,7-8,10-11,13,16H,2,5-6,9,12H2,1H3,(H,20,21)/b11-10+/t13-,16-/m1/s1. The number of benzene rings is 1. The third kappa shape index (κ3) is 5.71. The Morgan fingerprint density at radius 1 is 1.30 bits per heavy atom. The lowest BCUT2D eigenvalue weighted by Gasteiger charge is -2.29. The Morgan fingerprint density at radius 3 is 2.78 bits per heavy atom. The maximum Gasteiger partial charge on any atom is 0.331 e. The minimum absolute atomic E-state index is 0.189. The van der Waals surface area contributed by atoms with Crippen LogP contribution in [0.15, 0.2) is 30.3 Å². The molecule has 0 heterocycles. The number of hydrogen-bond acceptors (Lipinski definition) is 3. The van der Waals surface area contributed by atoms with Crippen molar-refractivity contribution in [3.05, 3.63) is 40.9 Å². The molecule has 4 nitrogen and oxygen atoms in total. The lowest BCUT2D eigenvalue weighted by molar-refractivity contribution is -0.144. The fourth-order valence-corrected chi connectivity index (χ4v) is 2.93. The Kier molecular flexibility index (Phi) is 6.66. The molecular formula is C18H22ClNO3. The van der Waals surface area contributed by atoms with E-state index in [1.165, 1.54) is 12.5 Å². The highest BCUT2D eigenvalue weighted by Gasteiger charge is 2.22. The summed E-state index contributed by atoms with van der Waals surface area (Å²) >= 11 is 5.99. The van der Waals surface area contributed by atoms with Crippen molar-refractivity contribution in [1.82, 2.24) is 5.32 Å². The van der Waals surface area contributed by atoms with Crippen molar-refractivity contribution in [2.45, 2.75) is 38.6 Å². The average molecular weight is 336 g/mol. The van der Waals surface area contributed by atoms with Crippen LogP contribution in [-0.2, 0) is 14.3 Å². The van der Waals surface area contributed by atoms with Gasteiger partial charge in [-0.3, -0.25) is 4.79 Å². The van der Waals surface area contributed by atoms with Crippen LogP contribution in [0.5, 0.6) is 0 Å². The summed E-state index contributed by atoms with van der Waals surface area (Å²) in [5.41, 5.74) is 0.728. The highest BCUT2D eigenvalue weighted by atomic mass is 35.5. The maximum atomic E-state index is 11.9. The molecule has 0 aromatic heterocycles. The van der Waals surface area contributed by atoms with E-state index >= 15 is 0 Å². The Balaban J connectivity index is 1.75. The van der Waals surface area contributed by atoms with Gasteiger partial charge < -0.3 is 10.1 Å². The zero-order chi connectivity index (χ0) is 16.7. The zero-order valence-electron chi connectivity index (χ0n) is 13.3. The van der Waals surface area contributed by atoms with Gasteiger partial charge in [0.1, 0.15) is 0 Å². The van der Waals surface area contributed by atoms with Crippen LogP contribution in [0, 0.1) is 5.92 Å². The largest absolute Gasteiger partial charge is 0.452 e. The van der Waals surface area contributed by atoms with Gasteiger partial charge in [-0.25, -0.2) is 4.79 Å². The van der Waals surface area contributed by atoms with Crippen LogP contribution in [0.2, 0.25) is 5.02 Å². The van der Waals surface area contributed by atoms with Crippen molar-refractivity contribution in [2.75, 3.05) is 6.61 Å². The number of nitrogens with one attached hydrogen (secondary N) is 1. The molecule has 0 saturated heterocycles. The molecule has 124 valence electrons. The van der Waals surface area contributed by atoms with Gasteiger partial charge in [0.05, 0.1) is 0 Å². The molecule has 0 unspecified atom stereocenters. The number of rotatable bonds is 5. The third-order valence-corrected chi connectivity index (χ3v) is 4.45. The quantitative estimate of drug-likeness (QED) is 0.661. The van der Waals surface area contributed by atoms with Crippen molar-refractivity contribution < 1.29 is 14.3 Å². The predicted octanol–water partition coefficient (Wildman–Crippen LogP) is 3.59. The van der Waals surface area contributed by atoms with Gasteiger partial charge in [-0.05, 0) is 36.5 Å². The van der Waals surface area contributed by atoms with Gasteiger partial charge in [-0.15, -0.1) is 0 Å². The summed E-state index contributed by atoms with van der Waals surface area (Å²) in [6.45, 7) is 1.89. The van der Waals surface area contributed by atoms with Gasteiger partial charge in [0, 0.05) is 17.1 Å². The van der Waals surface area contributed by atoms with E-state index in [0.29, 0.717) is 10.9 Å². The van der Waals surface area contributed by atoms with Crippen molar-refractivity contribution >= 4 is 29.6 Å². The van der Waals surface area contributed by atoms with Crippen molar-refractivity contribution in [3.63, 3.8) is 0 Å². The first-order valence-corrected chi connectivity index (χ1v) is 8.33. The zero-order valence-corrected chi connectivity index (χ0v) is 14.0. The van der Waals surface area contributed by atoms with E-state index in [-0.39, 0.29) is 18.6 Å². The molecule has 1 saturated carbocycles. The van der Waals surface area contributed by atoms with Crippen LogP contribution < -0.4 is 5.32 Å². The predicted molar refractivity (Wildman–Crippen MR) is 91.0 cm³/mol. The van der Waals surface area contributed by atoms with Crippen molar-refractivity contribution in [3.8, 4) is 0 Å². The Morgan fingerprint density at radius 2 is 2.04 bits per heavy atom. The van der Waals surface area contributed by atoms with Gasteiger partial charge in [0.25, 0.3) is 5.91 Å². The second-order valence-corrected chi connectivity index (χ2v) is 6.31. The maximum absolute atomic E-state index is 11.9. The van der Waals surface area contributed by atoms with Gasteiger partial charge in [-0.1, -0.05) is 49.6 Å². The first-order valence-electron chi connectivity index (χ1n) is 7.95. The summed E-state index contributed by atoms with van der Waals surface area (Å²) in [6.07, 6.45) is 7.33. The third-order valence-electron chi connectivity index (χ3n) is 4.11. The fourth-order valence-electron chi connectivity index (χ4n) is 2.73. The van der Waals surface area contributed by atoms with Gasteiger partial charge in [0.2, 0.25) is 0 Å². The average Bonchev–Trinajstić information content (AvgIpc) is 2.54. The van der Waals surface area contributed by atoms with E-state index in [2.05, 4.69) is 12.2 Å². The van der Waals surface area contributed by atoms with E-state index in [9.17, 15) is 9.59 Å². The van der Waals surface area contributed by atoms with Crippen LogP contribution in [0.4, 0.5) is 0 Å². The number of halogens is 1. The van der Waals surface area contributed by atoms with Gasteiger partial charge in [0.15, 0.2) is 6.61 Å². The number of carbonyl (C=O) groups excluding carboxylic acids is 2. The Hall–Kier alpha value is -1.81. The Bertz CT molecular complexity index is 585. The molecule has 2 atom stereocenters. The highest BCUT2D eigenvalue weighted by molar-refractivity contribution is 6.32. The molecule has 1 amide bonds. The van der Waals surface area contributed by atoms with E-state index < -0.39 is 5.97 Å². The van der Waals surface area contributed by atoms with E-state index in [0.717, 1.165) is 24.8 Å². The van der Waals surface area contributed by atoms with Crippen LogP contribution in [-0.4, -0.2) is 24.5 Å². The molecule has 0 spiro atoms. The van der Waals surface area contributed by atoms with Crippen molar-refractivity contribution in [2.24, 2.45) is 5.92 Å². The summed E-state index contributed by atoms with van der Waals surface area (Å²) < 4.78 is 4.96. The van der Waals surface area contributed by atoms with Crippen molar-refractivity contribution in [1.29, 1.82) is 0 Å². The van der Waals surface area contributed by atoms with Gasteiger partial charge in [-0.2, -0.15) is 0 Å². The first-order chi connectivity index (χ1) is 11.1. The highest BCUT2D eigenvalue weighted by Crippen LogP contribution is 2.23. The fraction of sp³-hybridized carbons (Fsp3) is 0.444. The molecule has 5 heteroatoms. The minimum atomic E-state index is -0.559. The number of hydrogen-bond donors (Lipinski definition) is 1. The molecule has 0 bridgehead atoms. The first kappa shape index (κ1) is 17.5.